The van der Waals surface area contributed by atoms with Crippen molar-refractivity contribution in [1.82, 2.24) is 4.90 Å². The van der Waals surface area contributed by atoms with Gasteiger partial charge in [0.05, 0.1) is 37.6 Å². The molecular formula is C59H87NO14. The minimum absolute atomic E-state index is 0.0120. The van der Waals surface area contributed by atoms with Gasteiger partial charge in [0.15, 0.2) is 5.78 Å². The number of benzene rings is 1. The van der Waals surface area contributed by atoms with Crippen LogP contribution >= 0.6 is 0 Å². The maximum atomic E-state index is 14.6. The number of Topliss-reactive ketones (excluding diaryl/α,β-unsaturated/α-hetero) is 3. The highest BCUT2D eigenvalue weighted by Gasteiger charge is 2.53. The molecule has 2 bridgehead atoms. The van der Waals surface area contributed by atoms with E-state index in [9.17, 15) is 39.3 Å². The van der Waals surface area contributed by atoms with E-state index >= 15 is 0 Å². The Balaban J connectivity index is 1.43. The minimum Gasteiger partial charge on any atom is -0.460 e. The lowest BCUT2D eigenvalue weighted by molar-refractivity contribution is -0.265. The predicted molar refractivity (Wildman–Crippen MR) is 280 cm³/mol. The summed E-state index contributed by atoms with van der Waals surface area (Å²) in [5, 5.41) is 33.0. The first kappa shape index (κ1) is 60.7. The van der Waals surface area contributed by atoms with E-state index in [0.29, 0.717) is 63.5 Å². The molecule has 4 aliphatic rings. The van der Waals surface area contributed by atoms with Crippen LogP contribution < -0.4 is 0 Å². The molecule has 1 aromatic carbocycles. The average molecular weight is 1030 g/mol. The summed E-state index contributed by atoms with van der Waals surface area (Å²) in [6.45, 7) is 13.2. The molecular weight excluding hydrogens is 947 g/mol. The zero-order valence-corrected chi connectivity index (χ0v) is 45.7. The number of carbonyl (C=O) groups excluding carboxylic acids is 5. The summed E-state index contributed by atoms with van der Waals surface area (Å²) in [7, 11) is 4.63. The van der Waals surface area contributed by atoms with Crippen molar-refractivity contribution in [3.8, 4) is 0 Å². The molecule has 15 nitrogen and oxygen atoms in total. The Morgan fingerprint density at radius 3 is 2.20 bits per heavy atom. The number of nitrogens with zero attached hydrogens (tertiary/aromatic N) is 1. The van der Waals surface area contributed by atoms with Gasteiger partial charge in [0, 0.05) is 58.5 Å². The third-order valence-electron chi connectivity index (χ3n) is 16.1. The van der Waals surface area contributed by atoms with Gasteiger partial charge in [-0.05, 0) is 118 Å². The number of allylic oxidation sites excluding steroid dienone is 6. The highest BCUT2D eigenvalue weighted by Crippen LogP contribution is 2.38. The summed E-state index contributed by atoms with van der Waals surface area (Å²) >= 11 is 0. The molecule has 3 fully saturated rings. The molecule has 1 aliphatic carbocycles. The number of fused-ring (bicyclic) bond motifs is 3. The second-order valence-electron chi connectivity index (χ2n) is 21.8. The van der Waals surface area contributed by atoms with Crippen molar-refractivity contribution in [2.45, 2.75) is 193 Å². The van der Waals surface area contributed by atoms with Gasteiger partial charge in [-0.1, -0.05) is 95.3 Å². The number of hydrogen-bond donors (Lipinski definition) is 3. The first-order valence-electron chi connectivity index (χ1n) is 27.0. The van der Waals surface area contributed by atoms with Gasteiger partial charge in [0.25, 0.3) is 11.7 Å². The summed E-state index contributed by atoms with van der Waals surface area (Å²) in [4.78, 5) is 72.6. The number of rotatable bonds is 10. The van der Waals surface area contributed by atoms with Crippen LogP contribution in [0.4, 0.5) is 0 Å². The van der Waals surface area contributed by atoms with Crippen LogP contribution in [0.15, 0.2) is 71.9 Å². The van der Waals surface area contributed by atoms with Gasteiger partial charge in [0.1, 0.15) is 30.1 Å². The monoisotopic (exact) mass is 1030 g/mol. The van der Waals surface area contributed by atoms with Crippen LogP contribution in [0.2, 0.25) is 0 Å². The molecule has 74 heavy (non-hydrogen) atoms. The molecule has 2 saturated heterocycles. The third-order valence-corrected chi connectivity index (χ3v) is 16.1. The Labute approximate surface area is 440 Å². The Kier molecular flexibility index (Phi) is 23.6. The normalized spacial score (nSPS) is 36.9. The van der Waals surface area contributed by atoms with Crippen LogP contribution in [0.1, 0.15) is 137 Å². The van der Waals surface area contributed by atoms with E-state index in [1.54, 1.807) is 41.1 Å². The highest BCUT2D eigenvalue weighted by molar-refractivity contribution is 6.39. The van der Waals surface area contributed by atoms with Crippen molar-refractivity contribution in [2.75, 3.05) is 27.9 Å². The zero-order chi connectivity index (χ0) is 54.3. The number of ketones is 3. The van der Waals surface area contributed by atoms with E-state index in [4.69, 9.17) is 28.4 Å². The van der Waals surface area contributed by atoms with E-state index in [1.807, 2.05) is 82.3 Å². The van der Waals surface area contributed by atoms with Crippen LogP contribution in [0.3, 0.4) is 0 Å². The molecule has 5 rings (SSSR count). The minimum atomic E-state index is -2.44. The predicted octanol–water partition coefficient (Wildman–Crippen LogP) is 7.90. The van der Waals surface area contributed by atoms with E-state index in [1.165, 1.54) is 12.0 Å². The smallest absolute Gasteiger partial charge is 0.329 e. The first-order chi connectivity index (χ1) is 35.2. The van der Waals surface area contributed by atoms with Gasteiger partial charge in [-0.15, -0.1) is 0 Å². The van der Waals surface area contributed by atoms with Crippen molar-refractivity contribution in [2.24, 2.45) is 35.5 Å². The second-order valence-corrected chi connectivity index (χ2v) is 21.8. The van der Waals surface area contributed by atoms with Gasteiger partial charge in [-0.25, -0.2) is 4.79 Å². The lowest BCUT2D eigenvalue weighted by atomic mass is 9.78. The fraction of sp³-hybridized carbons (Fsp3) is 0.678. The highest BCUT2D eigenvalue weighted by atomic mass is 16.6. The molecule has 1 amide bonds. The summed E-state index contributed by atoms with van der Waals surface area (Å²) in [5.41, 5.74) is 3.07. The Bertz CT molecular complexity index is 2150. The fourth-order valence-electron chi connectivity index (χ4n) is 11.2. The Morgan fingerprint density at radius 2 is 1.53 bits per heavy atom. The summed E-state index contributed by atoms with van der Waals surface area (Å²) in [6.07, 6.45) is 12.0. The van der Waals surface area contributed by atoms with Gasteiger partial charge < -0.3 is 48.6 Å². The van der Waals surface area contributed by atoms with Crippen molar-refractivity contribution < 1.29 is 67.7 Å². The fourth-order valence-corrected chi connectivity index (χ4v) is 11.2. The molecule has 0 unspecified atom stereocenters. The largest absolute Gasteiger partial charge is 0.460 e. The van der Waals surface area contributed by atoms with Gasteiger partial charge >= 0.3 is 5.97 Å². The lowest BCUT2D eigenvalue weighted by Gasteiger charge is -2.42. The molecule has 0 spiro atoms. The van der Waals surface area contributed by atoms with Crippen molar-refractivity contribution in [3.05, 3.63) is 83.0 Å². The molecule has 15 atom stereocenters. The number of amides is 1. The number of aliphatic hydroxyl groups excluding tert-OH is 2. The topological polar surface area (TPSA) is 205 Å². The molecule has 1 aromatic rings. The van der Waals surface area contributed by atoms with Gasteiger partial charge in [-0.3, -0.25) is 19.2 Å². The average Bonchev–Trinajstić information content (AvgIpc) is 3.39. The van der Waals surface area contributed by atoms with E-state index in [0.717, 1.165) is 29.5 Å². The number of ether oxygens (including phenoxy) is 6. The number of piperidine rings is 1. The molecule has 412 valence electrons. The van der Waals surface area contributed by atoms with Crippen LogP contribution in [0, 0.1) is 35.5 Å². The lowest BCUT2D eigenvalue weighted by Crippen LogP contribution is -2.61. The number of hydrogen-bond acceptors (Lipinski definition) is 14. The number of cyclic esters (lactones) is 1. The molecule has 0 radical (unpaired) electrons. The van der Waals surface area contributed by atoms with E-state index < -0.39 is 77.8 Å². The molecule has 1 saturated carbocycles. The van der Waals surface area contributed by atoms with Crippen LogP contribution in [0.5, 0.6) is 0 Å². The maximum absolute atomic E-state index is 14.6. The second kappa shape index (κ2) is 28.8. The van der Waals surface area contributed by atoms with Crippen LogP contribution in [-0.4, -0.2) is 132 Å². The van der Waals surface area contributed by atoms with E-state index in [2.05, 4.69) is 0 Å². The summed E-state index contributed by atoms with van der Waals surface area (Å²) < 4.78 is 36.4. The summed E-state index contributed by atoms with van der Waals surface area (Å²) in [5.74, 6) is -7.99. The SMILES string of the molecule is CO[C@H]1C[C@@H]2CC[C@@H](C)[C@@](O)(O2)C(=O)C(=O)N2CCCC[C@H]2C(=O)O[C@H]([C@H](C)C[C@H]2CC[C@@H](OCc3ccc(CO)cc3)[C@H](OC)C2)CC(=O)[C@H](C)/C=C(\C)[C@@H](O)[C@@H](OC)C(=O)[C@H](C)C[C@H](C)\C=C/C=C/C=C/1C. The van der Waals surface area contributed by atoms with E-state index in [-0.39, 0.29) is 67.5 Å². The quantitative estimate of drug-likeness (QED) is 0.116. The van der Waals surface area contributed by atoms with Crippen LogP contribution in [-0.2, 0) is 65.6 Å². The molecule has 3 aliphatic heterocycles. The number of carbonyl (C=O) groups is 5. The van der Waals surface area contributed by atoms with Crippen molar-refractivity contribution >= 4 is 29.2 Å². The number of esters is 1. The van der Waals surface area contributed by atoms with Crippen LogP contribution in [0.25, 0.3) is 0 Å². The van der Waals surface area contributed by atoms with Crippen molar-refractivity contribution in [3.63, 3.8) is 0 Å². The summed E-state index contributed by atoms with van der Waals surface area (Å²) in [6, 6.07) is 6.46. The standard InChI is InChI=1S/C59H87NO14/c1-36-16-12-11-13-17-37(2)50(69-8)32-46-25-19-42(7)59(68,74-46)56(65)57(66)60-27-15-14-18-47(60)58(67)73-51(33-48(62)38(3)29-41(6)54(64)55(71-10)53(63)40(5)28-36)39(4)30-45-24-26-49(52(31-45)70-9)72-35-44-22-20-43(34-61)21-23-44/h11-13,16-17,20-23,29,36,38-40,42,45-47,49-52,54-55,61,64,68H,14-15,18-19,24-28,30-35H2,1-10H3/b13-11+,16-12-,37-17+,41-29+/t36-,38-,39-,40-,42-,45-,46+,47+,49-,50+,51+,52-,54-,55+,59-/m1/s1. The third kappa shape index (κ3) is 16.2. The number of aliphatic hydroxyl groups is 3. The maximum Gasteiger partial charge on any atom is 0.329 e. The molecule has 15 heteroatoms. The first-order valence-corrected chi connectivity index (χ1v) is 27.0. The Morgan fingerprint density at radius 1 is 0.811 bits per heavy atom. The number of methoxy groups -OCH3 is 3. The molecule has 3 N–H and O–H groups in total. The van der Waals surface area contributed by atoms with Gasteiger partial charge in [-0.2, -0.15) is 0 Å². The Hall–Kier alpha value is -4.19. The van der Waals surface area contributed by atoms with Gasteiger partial charge in [0.2, 0.25) is 5.79 Å². The van der Waals surface area contributed by atoms with Crippen molar-refractivity contribution in [1.29, 1.82) is 0 Å². The molecule has 0 aromatic heterocycles. The zero-order valence-electron chi connectivity index (χ0n) is 45.7. The molecule has 3 heterocycles.